The Labute approximate surface area is 137 Å². The number of nitrogens with one attached hydrogen (secondary N) is 2. The number of hydrogen-bond acceptors (Lipinski definition) is 4. The van der Waals surface area contributed by atoms with Gasteiger partial charge in [0.05, 0.1) is 5.69 Å². The van der Waals surface area contributed by atoms with Crippen LogP contribution in [0.1, 0.15) is 18.9 Å². The number of aromatic nitrogens is 2. The maximum Gasteiger partial charge on any atom is 0.139 e. The fourth-order valence-electron chi connectivity index (χ4n) is 1.94. The predicted octanol–water partition coefficient (Wildman–Crippen LogP) is 4.47. The molecule has 4 nitrogen and oxygen atoms in total. The van der Waals surface area contributed by atoms with Crippen LogP contribution in [-0.4, -0.2) is 17.0 Å². The molecular weight excluding hydrogens is 387 g/mol. The van der Waals surface area contributed by atoms with Crippen LogP contribution in [0.2, 0.25) is 5.02 Å². The highest BCUT2D eigenvalue weighted by Gasteiger charge is 2.11. The first-order valence-electron chi connectivity index (χ1n) is 6.39. The van der Waals surface area contributed by atoms with Crippen molar-refractivity contribution in [1.82, 2.24) is 9.97 Å². The van der Waals surface area contributed by atoms with E-state index in [9.17, 15) is 0 Å². The van der Waals surface area contributed by atoms with Gasteiger partial charge in [0, 0.05) is 21.2 Å². The van der Waals surface area contributed by atoms with Crippen LogP contribution >= 0.6 is 34.2 Å². The maximum atomic E-state index is 5.98. The average molecular weight is 403 g/mol. The minimum atomic E-state index is 0.729. The smallest absolute Gasteiger partial charge is 0.139 e. The van der Waals surface area contributed by atoms with E-state index in [0.717, 1.165) is 44.3 Å². The Morgan fingerprint density at radius 1 is 1.25 bits per heavy atom. The van der Waals surface area contributed by atoms with Gasteiger partial charge in [-0.2, -0.15) is 0 Å². The van der Waals surface area contributed by atoms with Crippen molar-refractivity contribution in [2.24, 2.45) is 0 Å². The van der Waals surface area contributed by atoms with Gasteiger partial charge in [-0.05, 0) is 47.2 Å². The van der Waals surface area contributed by atoms with Crippen molar-refractivity contribution >= 4 is 51.5 Å². The summed E-state index contributed by atoms with van der Waals surface area (Å²) in [6.45, 7) is 2.14. The highest BCUT2D eigenvalue weighted by Crippen LogP contribution is 2.28. The number of anilines is 3. The Morgan fingerprint density at radius 3 is 2.65 bits per heavy atom. The fraction of sp³-hybridized carbons (Fsp3) is 0.286. The SMILES string of the molecule is CCCc1c(NC)ncnc1Nc1ccc(Cl)cc1I. The molecule has 0 atom stereocenters. The van der Waals surface area contributed by atoms with Crippen LogP contribution in [0.15, 0.2) is 24.5 Å². The fourth-order valence-corrected chi connectivity index (χ4v) is 2.95. The van der Waals surface area contributed by atoms with Crippen LogP contribution in [0.5, 0.6) is 0 Å². The summed E-state index contributed by atoms with van der Waals surface area (Å²) >= 11 is 8.24. The van der Waals surface area contributed by atoms with E-state index in [1.165, 1.54) is 0 Å². The molecule has 0 unspecified atom stereocenters. The van der Waals surface area contributed by atoms with Crippen molar-refractivity contribution in [2.75, 3.05) is 17.7 Å². The lowest BCUT2D eigenvalue weighted by Gasteiger charge is -2.14. The second-order valence-corrected chi connectivity index (χ2v) is 5.90. The number of hydrogen-bond donors (Lipinski definition) is 2. The van der Waals surface area contributed by atoms with Crippen molar-refractivity contribution in [3.05, 3.63) is 38.7 Å². The monoisotopic (exact) mass is 402 g/mol. The van der Waals surface area contributed by atoms with Gasteiger partial charge in [-0.15, -0.1) is 0 Å². The normalized spacial score (nSPS) is 10.4. The quantitative estimate of drug-likeness (QED) is 0.724. The standard InChI is InChI=1S/C14H16ClIN4/c1-3-4-10-13(17-2)18-8-19-14(10)20-12-6-5-9(15)7-11(12)16/h5-8H,3-4H2,1-2H3,(H2,17,18,19,20). The highest BCUT2D eigenvalue weighted by atomic mass is 127. The van der Waals surface area contributed by atoms with Gasteiger partial charge < -0.3 is 10.6 Å². The topological polar surface area (TPSA) is 49.8 Å². The summed E-state index contributed by atoms with van der Waals surface area (Å²) in [6.07, 6.45) is 3.52. The van der Waals surface area contributed by atoms with Gasteiger partial charge >= 0.3 is 0 Å². The summed E-state index contributed by atoms with van der Waals surface area (Å²) in [6, 6.07) is 5.75. The lowest BCUT2D eigenvalue weighted by molar-refractivity contribution is 0.905. The molecule has 0 bridgehead atoms. The van der Waals surface area contributed by atoms with Crippen molar-refractivity contribution in [3.8, 4) is 0 Å². The molecule has 106 valence electrons. The van der Waals surface area contributed by atoms with E-state index >= 15 is 0 Å². The molecule has 6 heteroatoms. The number of rotatable bonds is 5. The number of halogens is 2. The molecule has 0 saturated carbocycles. The summed E-state index contributed by atoms with van der Waals surface area (Å²) in [5.74, 6) is 1.71. The Bertz CT molecular complexity index is 604. The third kappa shape index (κ3) is 3.52. The molecule has 1 aromatic carbocycles. The zero-order chi connectivity index (χ0) is 14.5. The summed E-state index contributed by atoms with van der Waals surface area (Å²) in [7, 11) is 1.87. The maximum absolute atomic E-state index is 5.98. The largest absolute Gasteiger partial charge is 0.373 e. The first-order valence-corrected chi connectivity index (χ1v) is 7.85. The Morgan fingerprint density at radius 2 is 2.00 bits per heavy atom. The average Bonchev–Trinajstić information content (AvgIpc) is 2.43. The molecule has 1 aromatic heterocycles. The molecule has 0 radical (unpaired) electrons. The lowest BCUT2D eigenvalue weighted by atomic mass is 10.1. The minimum Gasteiger partial charge on any atom is -0.373 e. The van der Waals surface area contributed by atoms with Crippen LogP contribution in [0.3, 0.4) is 0 Å². The van der Waals surface area contributed by atoms with E-state index < -0.39 is 0 Å². The van der Waals surface area contributed by atoms with E-state index in [1.54, 1.807) is 6.33 Å². The molecule has 2 N–H and O–H groups in total. The number of nitrogens with zero attached hydrogens (tertiary/aromatic N) is 2. The van der Waals surface area contributed by atoms with Crippen molar-refractivity contribution in [3.63, 3.8) is 0 Å². The Hall–Kier alpha value is -1.08. The second-order valence-electron chi connectivity index (χ2n) is 4.30. The second kappa shape index (κ2) is 7.08. The molecule has 0 aliphatic carbocycles. The molecule has 0 spiro atoms. The summed E-state index contributed by atoms with van der Waals surface area (Å²) < 4.78 is 1.06. The molecule has 2 rings (SSSR count). The first kappa shape index (κ1) is 15.3. The van der Waals surface area contributed by atoms with Gasteiger partial charge in [-0.3, -0.25) is 0 Å². The van der Waals surface area contributed by atoms with E-state index in [-0.39, 0.29) is 0 Å². The minimum absolute atomic E-state index is 0.729. The molecule has 20 heavy (non-hydrogen) atoms. The van der Waals surface area contributed by atoms with E-state index in [4.69, 9.17) is 11.6 Å². The molecule has 0 amide bonds. The Balaban J connectivity index is 2.37. The van der Waals surface area contributed by atoms with E-state index in [2.05, 4.69) is 50.1 Å². The highest BCUT2D eigenvalue weighted by molar-refractivity contribution is 14.1. The van der Waals surface area contributed by atoms with Gasteiger partial charge in [0.2, 0.25) is 0 Å². The van der Waals surface area contributed by atoms with Crippen LogP contribution in [0.25, 0.3) is 0 Å². The first-order chi connectivity index (χ1) is 9.65. The van der Waals surface area contributed by atoms with Gasteiger partial charge in [0.15, 0.2) is 0 Å². The van der Waals surface area contributed by atoms with Crippen LogP contribution < -0.4 is 10.6 Å². The molecule has 1 heterocycles. The van der Waals surface area contributed by atoms with Gasteiger partial charge in [0.1, 0.15) is 18.0 Å². The van der Waals surface area contributed by atoms with Crippen molar-refractivity contribution in [1.29, 1.82) is 0 Å². The molecule has 2 aromatic rings. The molecule has 0 aliphatic rings. The van der Waals surface area contributed by atoms with E-state index in [0.29, 0.717) is 0 Å². The van der Waals surface area contributed by atoms with Crippen molar-refractivity contribution < 1.29 is 0 Å². The van der Waals surface area contributed by atoms with E-state index in [1.807, 2.05) is 25.2 Å². The summed E-state index contributed by atoms with van der Waals surface area (Å²) in [5, 5.41) is 7.22. The zero-order valence-corrected chi connectivity index (χ0v) is 14.3. The van der Waals surface area contributed by atoms with Gasteiger partial charge in [-0.1, -0.05) is 24.9 Å². The third-order valence-corrected chi connectivity index (χ3v) is 3.99. The molecular formula is C14H16ClIN4. The molecule has 0 fully saturated rings. The Kier molecular flexibility index (Phi) is 5.42. The lowest BCUT2D eigenvalue weighted by Crippen LogP contribution is -2.06. The molecule has 0 saturated heterocycles. The van der Waals surface area contributed by atoms with Crippen LogP contribution in [-0.2, 0) is 6.42 Å². The zero-order valence-electron chi connectivity index (χ0n) is 11.4. The van der Waals surface area contributed by atoms with Gasteiger partial charge in [-0.25, -0.2) is 9.97 Å². The summed E-state index contributed by atoms with van der Waals surface area (Å²) in [4.78, 5) is 8.64. The number of benzene rings is 1. The predicted molar refractivity (Wildman–Crippen MR) is 93.0 cm³/mol. The van der Waals surface area contributed by atoms with Crippen LogP contribution in [0.4, 0.5) is 17.3 Å². The van der Waals surface area contributed by atoms with Crippen molar-refractivity contribution in [2.45, 2.75) is 19.8 Å². The van der Waals surface area contributed by atoms with Crippen LogP contribution in [0, 0.1) is 3.57 Å². The summed E-state index contributed by atoms with van der Waals surface area (Å²) in [5.41, 5.74) is 2.09. The molecule has 0 aliphatic heterocycles. The third-order valence-electron chi connectivity index (χ3n) is 2.87. The van der Waals surface area contributed by atoms with Gasteiger partial charge in [0.25, 0.3) is 0 Å².